The molecule has 0 aliphatic rings. The minimum absolute atomic E-state index is 0.521. The largest absolute Gasteiger partial charge is 0.496 e. The van der Waals surface area contributed by atoms with Gasteiger partial charge >= 0.3 is 0 Å². The third-order valence-corrected chi connectivity index (χ3v) is 3.68. The number of hydrogen-bond donors (Lipinski definition) is 1. The number of halogens is 1. The van der Waals surface area contributed by atoms with Crippen molar-refractivity contribution in [2.45, 2.75) is 26.4 Å². The van der Waals surface area contributed by atoms with E-state index in [0.717, 1.165) is 28.0 Å². The van der Waals surface area contributed by atoms with Crippen LogP contribution >= 0.6 is 11.6 Å². The maximum Gasteiger partial charge on any atom is 0.122 e. The highest BCUT2D eigenvalue weighted by atomic mass is 35.5. The van der Waals surface area contributed by atoms with Gasteiger partial charge in [0.1, 0.15) is 5.75 Å². The van der Waals surface area contributed by atoms with Crippen LogP contribution in [0.1, 0.15) is 28.4 Å². The fourth-order valence-electron chi connectivity index (χ4n) is 2.40. The second-order valence-corrected chi connectivity index (χ2v) is 5.47. The molecule has 106 valence electrons. The van der Waals surface area contributed by atoms with E-state index in [0.29, 0.717) is 11.4 Å². The van der Waals surface area contributed by atoms with Crippen LogP contribution in [0.15, 0.2) is 36.4 Å². The lowest BCUT2D eigenvalue weighted by molar-refractivity contribution is 0.176. The Morgan fingerprint density at radius 2 is 1.90 bits per heavy atom. The number of aliphatic hydroxyl groups excluding tert-OH is 1. The van der Waals surface area contributed by atoms with Gasteiger partial charge in [0.05, 0.1) is 13.2 Å². The monoisotopic (exact) mass is 290 g/mol. The van der Waals surface area contributed by atoms with Crippen molar-refractivity contribution >= 4 is 11.6 Å². The van der Waals surface area contributed by atoms with Crippen molar-refractivity contribution in [2.24, 2.45) is 0 Å². The van der Waals surface area contributed by atoms with Gasteiger partial charge < -0.3 is 9.84 Å². The Morgan fingerprint density at radius 3 is 2.55 bits per heavy atom. The molecule has 0 saturated carbocycles. The Labute approximate surface area is 125 Å². The Hall–Kier alpha value is -1.51. The first-order valence-corrected chi connectivity index (χ1v) is 6.96. The summed E-state index contributed by atoms with van der Waals surface area (Å²) in [6.45, 7) is 3.99. The van der Waals surface area contributed by atoms with Gasteiger partial charge in [-0.2, -0.15) is 0 Å². The molecule has 0 fully saturated rings. The number of hydrogen-bond acceptors (Lipinski definition) is 2. The molecule has 0 spiro atoms. The van der Waals surface area contributed by atoms with Crippen LogP contribution in [0, 0.1) is 13.8 Å². The van der Waals surface area contributed by atoms with Gasteiger partial charge in [-0.1, -0.05) is 35.4 Å². The Kier molecular flexibility index (Phi) is 4.69. The second-order valence-electron chi connectivity index (χ2n) is 5.04. The average molecular weight is 291 g/mol. The molecule has 1 unspecified atom stereocenters. The van der Waals surface area contributed by atoms with Gasteiger partial charge in [-0.3, -0.25) is 0 Å². The number of aryl methyl sites for hydroxylation is 2. The summed E-state index contributed by atoms with van der Waals surface area (Å²) < 4.78 is 5.35. The SMILES string of the molecule is COc1ccc(C)cc1CC(O)c1ccc(Cl)cc1C. The standard InChI is InChI=1S/C17H19ClO2/c1-11-4-7-17(20-3)13(8-11)10-16(19)15-6-5-14(18)9-12(15)2/h4-9,16,19H,10H2,1-3H3. The van der Waals surface area contributed by atoms with Crippen LogP contribution < -0.4 is 4.74 Å². The zero-order chi connectivity index (χ0) is 14.7. The molecular formula is C17H19ClO2. The Morgan fingerprint density at radius 1 is 1.15 bits per heavy atom. The van der Waals surface area contributed by atoms with Crippen LogP contribution in [0.4, 0.5) is 0 Å². The maximum absolute atomic E-state index is 10.5. The molecule has 0 aliphatic heterocycles. The van der Waals surface area contributed by atoms with Crippen molar-refractivity contribution in [3.63, 3.8) is 0 Å². The van der Waals surface area contributed by atoms with Gasteiger partial charge in [0.25, 0.3) is 0 Å². The molecule has 20 heavy (non-hydrogen) atoms. The number of ether oxygens (including phenoxy) is 1. The molecule has 0 aliphatic carbocycles. The molecule has 2 rings (SSSR count). The average Bonchev–Trinajstić information content (AvgIpc) is 2.38. The third-order valence-electron chi connectivity index (χ3n) is 3.44. The summed E-state index contributed by atoms with van der Waals surface area (Å²) in [6, 6.07) is 11.5. The zero-order valence-corrected chi connectivity index (χ0v) is 12.7. The summed E-state index contributed by atoms with van der Waals surface area (Å²) in [5.41, 5.74) is 4.06. The Bertz CT molecular complexity index is 608. The molecule has 0 radical (unpaired) electrons. The highest BCUT2D eigenvalue weighted by molar-refractivity contribution is 6.30. The summed E-state index contributed by atoms with van der Waals surface area (Å²) in [7, 11) is 1.65. The van der Waals surface area contributed by atoms with Gasteiger partial charge in [-0.05, 0) is 48.7 Å². The van der Waals surface area contributed by atoms with Crippen LogP contribution in [0.5, 0.6) is 5.75 Å². The van der Waals surface area contributed by atoms with Crippen molar-refractivity contribution < 1.29 is 9.84 Å². The summed E-state index contributed by atoms with van der Waals surface area (Å²) in [5.74, 6) is 0.807. The van der Waals surface area contributed by atoms with Crippen LogP contribution in [0.2, 0.25) is 5.02 Å². The molecular weight excluding hydrogens is 272 g/mol. The predicted molar refractivity (Wildman–Crippen MR) is 82.6 cm³/mol. The molecule has 2 aromatic rings. The molecule has 3 heteroatoms. The fourth-order valence-corrected chi connectivity index (χ4v) is 2.62. The van der Waals surface area contributed by atoms with Gasteiger partial charge in [0.2, 0.25) is 0 Å². The van der Waals surface area contributed by atoms with Crippen molar-refractivity contribution in [3.05, 3.63) is 63.7 Å². The van der Waals surface area contributed by atoms with Gasteiger partial charge in [0, 0.05) is 11.4 Å². The van der Waals surface area contributed by atoms with Crippen LogP contribution in [-0.4, -0.2) is 12.2 Å². The minimum atomic E-state index is -0.567. The molecule has 1 atom stereocenters. The summed E-state index contributed by atoms with van der Waals surface area (Å²) in [6.07, 6.45) is -0.0455. The van der Waals surface area contributed by atoms with E-state index in [1.165, 1.54) is 0 Å². The second kappa shape index (κ2) is 6.29. The lowest BCUT2D eigenvalue weighted by Gasteiger charge is -2.16. The Balaban J connectivity index is 2.27. The number of rotatable bonds is 4. The zero-order valence-electron chi connectivity index (χ0n) is 12.0. The van der Waals surface area contributed by atoms with E-state index < -0.39 is 6.10 Å². The van der Waals surface area contributed by atoms with Gasteiger partial charge in [-0.15, -0.1) is 0 Å². The summed E-state index contributed by atoms with van der Waals surface area (Å²) in [5, 5.41) is 11.1. The first-order chi connectivity index (χ1) is 9.51. The summed E-state index contributed by atoms with van der Waals surface area (Å²) >= 11 is 5.95. The molecule has 2 aromatic carbocycles. The molecule has 0 aromatic heterocycles. The van der Waals surface area contributed by atoms with Gasteiger partial charge in [0.15, 0.2) is 0 Å². The first-order valence-electron chi connectivity index (χ1n) is 6.59. The van der Waals surface area contributed by atoms with Crippen LogP contribution in [0.25, 0.3) is 0 Å². The van der Waals surface area contributed by atoms with E-state index >= 15 is 0 Å². The lowest BCUT2D eigenvalue weighted by atomic mass is 9.96. The number of methoxy groups -OCH3 is 1. The van der Waals surface area contributed by atoms with E-state index in [1.54, 1.807) is 13.2 Å². The van der Waals surface area contributed by atoms with Crippen LogP contribution in [-0.2, 0) is 6.42 Å². The van der Waals surface area contributed by atoms with E-state index in [2.05, 4.69) is 0 Å². The quantitative estimate of drug-likeness (QED) is 0.912. The van der Waals surface area contributed by atoms with Crippen molar-refractivity contribution in [3.8, 4) is 5.75 Å². The molecule has 2 nitrogen and oxygen atoms in total. The molecule has 0 bridgehead atoms. The summed E-state index contributed by atoms with van der Waals surface area (Å²) in [4.78, 5) is 0. The van der Waals surface area contributed by atoms with Crippen LogP contribution in [0.3, 0.4) is 0 Å². The molecule has 0 heterocycles. The molecule has 0 saturated heterocycles. The van der Waals surface area contributed by atoms with Gasteiger partial charge in [-0.25, -0.2) is 0 Å². The molecule has 0 amide bonds. The van der Waals surface area contributed by atoms with Crippen molar-refractivity contribution in [1.82, 2.24) is 0 Å². The van der Waals surface area contributed by atoms with E-state index in [9.17, 15) is 5.11 Å². The first kappa shape index (κ1) is 14.9. The van der Waals surface area contributed by atoms with Crippen molar-refractivity contribution in [1.29, 1.82) is 0 Å². The number of aliphatic hydroxyl groups is 1. The third kappa shape index (κ3) is 3.33. The minimum Gasteiger partial charge on any atom is -0.496 e. The smallest absolute Gasteiger partial charge is 0.122 e. The van der Waals surface area contributed by atoms with E-state index in [4.69, 9.17) is 16.3 Å². The highest BCUT2D eigenvalue weighted by Crippen LogP contribution is 2.28. The maximum atomic E-state index is 10.5. The predicted octanol–water partition coefficient (Wildman–Crippen LogP) is 4.24. The highest BCUT2D eigenvalue weighted by Gasteiger charge is 2.14. The van der Waals surface area contributed by atoms with Crippen molar-refractivity contribution in [2.75, 3.05) is 7.11 Å². The fraction of sp³-hybridized carbons (Fsp3) is 0.294. The normalized spacial score (nSPS) is 12.2. The number of benzene rings is 2. The van der Waals surface area contributed by atoms with E-state index in [1.807, 2.05) is 44.2 Å². The lowest BCUT2D eigenvalue weighted by Crippen LogP contribution is -2.05. The topological polar surface area (TPSA) is 29.5 Å². The molecule has 1 N–H and O–H groups in total. The van der Waals surface area contributed by atoms with E-state index in [-0.39, 0.29) is 0 Å².